The molecule has 1 heterocycles. The minimum atomic E-state index is -1.17. The number of aliphatic hydroxyl groups is 1. The normalized spacial score (nSPS) is 13.6. The van der Waals surface area contributed by atoms with E-state index in [1.807, 2.05) is 37.3 Å². The maximum Gasteiger partial charge on any atom is 0.253 e. The summed E-state index contributed by atoms with van der Waals surface area (Å²) in [6.07, 6.45) is 1.92. The van der Waals surface area contributed by atoms with Gasteiger partial charge in [-0.25, -0.2) is 0 Å². The van der Waals surface area contributed by atoms with Gasteiger partial charge in [0.05, 0.1) is 6.04 Å². The van der Waals surface area contributed by atoms with Crippen LogP contribution in [-0.2, 0) is 4.79 Å². The van der Waals surface area contributed by atoms with Crippen molar-refractivity contribution < 1.29 is 9.90 Å². The van der Waals surface area contributed by atoms with Crippen LogP contribution in [0.2, 0.25) is 0 Å². The number of carbonyl (C=O) groups excluding carboxylic acids is 1. The Morgan fingerprint density at radius 3 is 2.37 bits per heavy atom. The first-order valence-corrected chi connectivity index (χ1v) is 6.12. The SMILES string of the molecule is C[C@@H](NC(=O)C(O)c1ccncc1)c1ccccc1. The van der Waals surface area contributed by atoms with E-state index in [4.69, 9.17) is 0 Å². The second-order valence-electron chi connectivity index (χ2n) is 4.32. The minimum Gasteiger partial charge on any atom is -0.378 e. The molecule has 1 aromatic heterocycles. The highest BCUT2D eigenvalue weighted by Gasteiger charge is 2.19. The first-order valence-electron chi connectivity index (χ1n) is 6.12. The third-order valence-corrected chi connectivity index (χ3v) is 2.93. The Balaban J connectivity index is 2.02. The predicted octanol–water partition coefficient (Wildman–Crippen LogP) is 1.99. The summed E-state index contributed by atoms with van der Waals surface area (Å²) in [5.74, 6) is -0.414. The van der Waals surface area contributed by atoms with Gasteiger partial charge in [-0.1, -0.05) is 30.3 Å². The average molecular weight is 256 g/mol. The molecule has 2 aromatic rings. The van der Waals surface area contributed by atoms with Gasteiger partial charge in [-0.15, -0.1) is 0 Å². The molecule has 0 saturated heterocycles. The van der Waals surface area contributed by atoms with Gasteiger partial charge in [-0.05, 0) is 30.2 Å². The summed E-state index contributed by atoms with van der Waals surface area (Å²) in [4.78, 5) is 15.8. The van der Waals surface area contributed by atoms with Crippen LogP contribution in [0.4, 0.5) is 0 Å². The molecule has 4 nitrogen and oxygen atoms in total. The molecule has 98 valence electrons. The summed E-state index contributed by atoms with van der Waals surface area (Å²) < 4.78 is 0. The van der Waals surface area contributed by atoms with Crippen LogP contribution >= 0.6 is 0 Å². The number of benzene rings is 1. The summed E-state index contributed by atoms with van der Waals surface area (Å²) in [5, 5.41) is 12.7. The van der Waals surface area contributed by atoms with E-state index >= 15 is 0 Å². The van der Waals surface area contributed by atoms with Gasteiger partial charge < -0.3 is 10.4 Å². The molecule has 2 atom stereocenters. The number of hydrogen-bond donors (Lipinski definition) is 2. The number of pyridine rings is 1. The summed E-state index contributed by atoms with van der Waals surface area (Å²) in [6.45, 7) is 1.88. The highest BCUT2D eigenvalue weighted by atomic mass is 16.3. The van der Waals surface area contributed by atoms with E-state index in [2.05, 4.69) is 10.3 Å². The molecule has 0 aliphatic heterocycles. The highest BCUT2D eigenvalue weighted by molar-refractivity contribution is 5.82. The minimum absolute atomic E-state index is 0.148. The Labute approximate surface area is 112 Å². The standard InChI is InChI=1S/C15H16N2O2/c1-11(12-5-3-2-4-6-12)17-15(19)14(18)13-7-9-16-10-8-13/h2-11,14,18H,1H3,(H,17,19)/t11-,14?/m1/s1. The number of aromatic nitrogens is 1. The molecule has 0 saturated carbocycles. The smallest absolute Gasteiger partial charge is 0.253 e. The van der Waals surface area contributed by atoms with Crippen LogP contribution in [0.15, 0.2) is 54.9 Å². The van der Waals surface area contributed by atoms with Crippen LogP contribution in [0.1, 0.15) is 30.2 Å². The van der Waals surface area contributed by atoms with Gasteiger partial charge in [0.2, 0.25) is 0 Å². The van der Waals surface area contributed by atoms with Gasteiger partial charge in [0.1, 0.15) is 0 Å². The number of nitrogens with one attached hydrogen (secondary N) is 1. The van der Waals surface area contributed by atoms with Crippen molar-refractivity contribution in [1.29, 1.82) is 0 Å². The topological polar surface area (TPSA) is 62.2 Å². The summed E-state index contributed by atoms with van der Waals surface area (Å²) in [6, 6.07) is 12.7. The molecule has 4 heteroatoms. The Morgan fingerprint density at radius 2 is 1.74 bits per heavy atom. The third-order valence-electron chi connectivity index (χ3n) is 2.93. The van der Waals surface area contributed by atoms with E-state index < -0.39 is 12.0 Å². The van der Waals surface area contributed by atoms with E-state index in [0.717, 1.165) is 5.56 Å². The van der Waals surface area contributed by atoms with Crippen molar-refractivity contribution in [2.75, 3.05) is 0 Å². The van der Waals surface area contributed by atoms with Gasteiger partial charge in [0.15, 0.2) is 6.10 Å². The van der Waals surface area contributed by atoms with Crippen LogP contribution in [0.5, 0.6) is 0 Å². The Bertz CT molecular complexity index is 528. The quantitative estimate of drug-likeness (QED) is 0.879. The lowest BCUT2D eigenvalue weighted by molar-refractivity contribution is -0.130. The second kappa shape index (κ2) is 6.11. The highest BCUT2D eigenvalue weighted by Crippen LogP contribution is 2.15. The molecule has 0 fully saturated rings. The molecular formula is C15H16N2O2. The van der Waals surface area contributed by atoms with Gasteiger partial charge in [-0.2, -0.15) is 0 Å². The molecule has 0 aliphatic carbocycles. The maximum absolute atomic E-state index is 11.9. The lowest BCUT2D eigenvalue weighted by atomic mass is 10.1. The fraction of sp³-hybridized carbons (Fsp3) is 0.200. The van der Waals surface area contributed by atoms with Gasteiger partial charge in [-0.3, -0.25) is 9.78 Å². The zero-order chi connectivity index (χ0) is 13.7. The maximum atomic E-state index is 11.9. The first kappa shape index (κ1) is 13.2. The van der Waals surface area contributed by atoms with E-state index in [9.17, 15) is 9.90 Å². The van der Waals surface area contributed by atoms with Crippen molar-refractivity contribution in [3.8, 4) is 0 Å². The monoisotopic (exact) mass is 256 g/mol. The van der Waals surface area contributed by atoms with E-state index in [0.29, 0.717) is 5.56 Å². The van der Waals surface area contributed by atoms with Crippen LogP contribution in [0.25, 0.3) is 0 Å². The third kappa shape index (κ3) is 3.39. The Kier molecular flexibility index (Phi) is 4.26. The molecule has 0 bridgehead atoms. The van der Waals surface area contributed by atoms with Gasteiger partial charge >= 0.3 is 0 Å². The largest absolute Gasteiger partial charge is 0.378 e. The number of amides is 1. The Hall–Kier alpha value is -2.20. The van der Waals surface area contributed by atoms with E-state index in [1.54, 1.807) is 24.5 Å². The lowest BCUT2D eigenvalue weighted by Crippen LogP contribution is -2.31. The fourth-order valence-electron chi connectivity index (χ4n) is 1.81. The molecule has 1 unspecified atom stereocenters. The van der Waals surface area contributed by atoms with Crippen molar-refractivity contribution in [1.82, 2.24) is 10.3 Å². The first-order chi connectivity index (χ1) is 9.18. The number of nitrogens with zero attached hydrogens (tertiary/aromatic N) is 1. The zero-order valence-electron chi connectivity index (χ0n) is 10.7. The fourth-order valence-corrected chi connectivity index (χ4v) is 1.81. The van der Waals surface area contributed by atoms with E-state index in [-0.39, 0.29) is 6.04 Å². The molecule has 19 heavy (non-hydrogen) atoms. The van der Waals surface area contributed by atoms with Crippen LogP contribution in [0, 0.1) is 0 Å². The zero-order valence-corrected chi connectivity index (χ0v) is 10.7. The van der Waals surface area contributed by atoms with Crippen LogP contribution in [0.3, 0.4) is 0 Å². The Morgan fingerprint density at radius 1 is 1.11 bits per heavy atom. The molecule has 2 rings (SSSR count). The number of carbonyl (C=O) groups is 1. The van der Waals surface area contributed by atoms with Crippen molar-refractivity contribution >= 4 is 5.91 Å². The average Bonchev–Trinajstić information content (AvgIpc) is 2.48. The number of hydrogen-bond acceptors (Lipinski definition) is 3. The molecule has 0 spiro atoms. The summed E-state index contributed by atoms with van der Waals surface area (Å²) in [5.41, 5.74) is 1.53. The predicted molar refractivity (Wildman–Crippen MR) is 72.2 cm³/mol. The molecule has 1 amide bonds. The lowest BCUT2D eigenvalue weighted by Gasteiger charge is -2.17. The number of aliphatic hydroxyl groups excluding tert-OH is 1. The second-order valence-corrected chi connectivity index (χ2v) is 4.32. The van der Waals surface area contributed by atoms with Crippen LogP contribution in [-0.4, -0.2) is 16.0 Å². The van der Waals surface area contributed by atoms with Crippen molar-refractivity contribution in [3.63, 3.8) is 0 Å². The molecule has 0 radical (unpaired) electrons. The van der Waals surface area contributed by atoms with Crippen LogP contribution < -0.4 is 5.32 Å². The van der Waals surface area contributed by atoms with Gasteiger partial charge in [0, 0.05) is 12.4 Å². The molecule has 2 N–H and O–H groups in total. The van der Waals surface area contributed by atoms with Gasteiger partial charge in [0.25, 0.3) is 5.91 Å². The molecule has 0 aliphatic rings. The summed E-state index contributed by atoms with van der Waals surface area (Å²) >= 11 is 0. The van der Waals surface area contributed by atoms with Crippen molar-refractivity contribution in [2.24, 2.45) is 0 Å². The molecule has 1 aromatic carbocycles. The van der Waals surface area contributed by atoms with Crippen molar-refractivity contribution in [2.45, 2.75) is 19.1 Å². The summed E-state index contributed by atoms with van der Waals surface area (Å²) in [7, 11) is 0. The number of rotatable bonds is 4. The van der Waals surface area contributed by atoms with Crippen molar-refractivity contribution in [3.05, 3.63) is 66.0 Å². The molecular weight excluding hydrogens is 240 g/mol. The van der Waals surface area contributed by atoms with E-state index in [1.165, 1.54) is 0 Å².